The molecule has 2 heterocycles. The number of imide groups is 1. The number of amides is 5. The highest BCUT2D eigenvalue weighted by Gasteiger charge is 2.55. The first-order chi connectivity index (χ1) is 30.1. The molecule has 0 bridgehead atoms. The predicted octanol–water partition coefficient (Wildman–Crippen LogP) is -1.75. The molecule has 2 aromatic carbocycles. The number of rotatable bonds is 28. The zero-order valence-electron chi connectivity index (χ0n) is 34.1. The number of alkyl halides is 1. The number of aliphatic carboxylic acids is 1. The van der Waals surface area contributed by atoms with Gasteiger partial charge in [0.15, 0.2) is 6.67 Å². The van der Waals surface area contributed by atoms with E-state index in [-0.39, 0.29) is 69.6 Å². The van der Waals surface area contributed by atoms with Crippen LogP contribution in [0.25, 0.3) is 0 Å². The quantitative estimate of drug-likeness (QED) is 0.0260. The first kappa shape index (κ1) is 50.3. The molecule has 0 aromatic heterocycles. The summed E-state index contributed by atoms with van der Waals surface area (Å²) in [6.45, 7) is -1.31. The number of nitrogens with zero attached hydrogens (tertiary/aromatic N) is 1. The summed E-state index contributed by atoms with van der Waals surface area (Å²) in [5.74, 6) is -7.28. The topological polar surface area (TPSA) is 309 Å². The summed E-state index contributed by atoms with van der Waals surface area (Å²) >= 11 is 5.87. The Morgan fingerprint density at radius 3 is 2.14 bits per heavy atom. The molecule has 0 aliphatic carbocycles. The smallest absolute Gasteiger partial charge is 0.364 e. The zero-order valence-corrected chi connectivity index (χ0v) is 34.9. The van der Waals surface area contributed by atoms with E-state index in [9.17, 15) is 63.2 Å². The van der Waals surface area contributed by atoms with Crippen LogP contribution in [0.3, 0.4) is 0 Å². The Labute approximate surface area is 365 Å². The highest BCUT2D eigenvalue weighted by molar-refractivity contribution is 6.30. The van der Waals surface area contributed by atoms with Crippen LogP contribution in [0.4, 0.5) is 15.8 Å². The van der Waals surface area contributed by atoms with Crippen LogP contribution in [-0.2, 0) is 49.4 Å². The molecule has 21 nitrogen and oxygen atoms in total. The lowest BCUT2D eigenvalue weighted by Gasteiger charge is -2.46. The first-order valence-electron chi connectivity index (χ1n) is 20.2. The Kier molecular flexibility index (Phi) is 19.5. The molecule has 2 aliphatic heterocycles. The highest BCUT2D eigenvalue weighted by Crippen LogP contribution is 2.34. The Morgan fingerprint density at radius 2 is 1.49 bits per heavy atom. The highest BCUT2D eigenvalue weighted by atomic mass is 35.5. The largest absolute Gasteiger partial charge is 0.477 e. The van der Waals surface area contributed by atoms with Crippen LogP contribution in [-0.4, -0.2) is 156 Å². The van der Waals surface area contributed by atoms with Gasteiger partial charge in [-0.1, -0.05) is 36.6 Å². The van der Waals surface area contributed by atoms with Crippen LogP contribution >= 0.6 is 11.6 Å². The van der Waals surface area contributed by atoms with Gasteiger partial charge in [-0.05, 0) is 30.5 Å². The fourth-order valence-corrected chi connectivity index (χ4v) is 6.80. The fourth-order valence-electron chi connectivity index (χ4n) is 6.67. The number of hydrogen-bond donors (Lipinski definition) is 9. The number of aliphatic hydroxyl groups is 3. The number of carbonyl (C=O) groups excluding carboxylic acids is 5. The van der Waals surface area contributed by atoms with Gasteiger partial charge in [0.2, 0.25) is 11.8 Å². The number of ether oxygens (including phenoxy) is 3. The van der Waals surface area contributed by atoms with Crippen molar-refractivity contribution in [1.82, 2.24) is 20.9 Å². The van der Waals surface area contributed by atoms with Crippen molar-refractivity contribution in [3.63, 3.8) is 0 Å². The molecule has 6 atom stereocenters. The van der Waals surface area contributed by atoms with E-state index in [2.05, 4.69) is 26.6 Å². The second-order valence-electron chi connectivity index (χ2n) is 14.7. The van der Waals surface area contributed by atoms with Crippen molar-refractivity contribution in [1.29, 1.82) is 0 Å². The second kappa shape index (κ2) is 24.5. The average Bonchev–Trinajstić information content (AvgIpc) is 3.59. The van der Waals surface area contributed by atoms with Crippen molar-refractivity contribution < 1.29 is 67.8 Å². The summed E-state index contributed by atoms with van der Waals surface area (Å²) in [4.78, 5) is 97.3. The lowest BCUT2D eigenvalue weighted by atomic mass is 9.88. The third kappa shape index (κ3) is 14.6. The minimum Gasteiger partial charge on any atom is -0.477 e. The van der Waals surface area contributed by atoms with E-state index in [1.54, 1.807) is 24.3 Å². The second-order valence-corrected chi connectivity index (χ2v) is 15.1. The molecule has 4 rings (SSSR count). The van der Waals surface area contributed by atoms with Crippen LogP contribution in [0, 0.1) is 0 Å². The number of aliphatic hydroxyl groups excluding tert-OH is 3. The van der Waals surface area contributed by atoms with Crippen LogP contribution in [0.5, 0.6) is 0 Å². The molecule has 0 unspecified atom stereocenters. The summed E-state index contributed by atoms with van der Waals surface area (Å²) in [7, 11) is 0. The molecular formula is C40H52ClFN6O15. The molecule has 0 spiro atoms. The number of hydrogen-bond acceptors (Lipinski definition) is 16. The Bertz CT molecular complexity index is 2000. The minimum absolute atomic E-state index is 0.0373. The number of carboxylic acid groups (broad SMARTS) is 1. The van der Waals surface area contributed by atoms with Gasteiger partial charge in [0.1, 0.15) is 23.6 Å². The van der Waals surface area contributed by atoms with E-state index in [1.165, 1.54) is 0 Å². The van der Waals surface area contributed by atoms with Gasteiger partial charge >= 0.3 is 5.97 Å². The van der Waals surface area contributed by atoms with Crippen LogP contribution < -0.4 is 37.4 Å². The maximum Gasteiger partial charge on any atom is 0.364 e. The van der Waals surface area contributed by atoms with Gasteiger partial charge in [-0.3, -0.25) is 38.5 Å². The number of nitrogens with one attached hydrogen (secondary N) is 5. The lowest BCUT2D eigenvalue weighted by Crippen LogP contribution is -2.68. The number of anilines is 2. The van der Waals surface area contributed by atoms with E-state index in [4.69, 9.17) is 25.8 Å². The van der Waals surface area contributed by atoms with E-state index < -0.39 is 96.3 Å². The van der Waals surface area contributed by atoms with Crippen LogP contribution in [0.2, 0.25) is 5.02 Å². The third-order valence-corrected chi connectivity index (χ3v) is 10.3. The monoisotopic (exact) mass is 910 g/mol. The molecule has 0 saturated carbocycles. The summed E-state index contributed by atoms with van der Waals surface area (Å²) in [5.41, 5.74) is -0.529. The summed E-state index contributed by atoms with van der Waals surface area (Å²) in [6.07, 6.45) is -4.13. The minimum atomic E-state index is -2.55. The zero-order chi connectivity index (χ0) is 46.1. The number of halogens is 2. The van der Waals surface area contributed by atoms with Gasteiger partial charge in [-0.15, -0.1) is 0 Å². The average molecular weight is 911 g/mol. The van der Waals surface area contributed by atoms with Gasteiger partial charge < -0.3 is 61.2 Å². The Morgan fingerprint density at radius 1 is 0.857 bits per heavy atom. The van der Waals surface area contributed by atoms with Crippen molar-refractivity contribution in [3.8, 4) is 0 Å². The SMILES string of the molecule is O=C(CCN1C(=O)C=CC1=O)NCCOCCNc1c(NCCCCCCO[C@]2(C(=O)O)C[C@H](O)[C@@H](NC(=O)CF)[C@H]([C@H](O)[C@H](O)CNC(=O)Cc3ccc(Cl)cc3)O2)c(=O)c1=O. The van der Waals surface area contributed by atoms with Crippen molar-refractivity contribution in [2.75, 3.05) is 69.9 Å². The molecule has 1 saturated heterocycles. The summed E-state index contributed by atoms with van der Waals surface area (Å²) in [6, 6.07) is 4.83. The third-order valence-electron chi connectivity index (χ3n) is 10.1. The van der Waals surface area contributed by atoms with E-state index in [0.29, 0.717) is 42.8 Å². The van der Waals surface area contributed by atoms with Gasteiger partial charge in [0, 0.05) is 62.7 Å². The number of carbonyl (C=O) groups is 6. The van der Waals surface area contributed by atoms with E-state index in [1.807, 2.05) is 0 Å². The Balaban J connectivity index is 1.15. The van der Waals surface area contributed by atoms with Crippen molar-refractivity contribution >= 4 is 58.5 Å². The predicted molar refractivity (Wildman–Crippen MR) is 221 cm³/mol. The van der Waals surface area contributed by atoms with Crippen LogP contribution in [0.15, 0.2) is 46.0 Å². The molecule has 0 radical (unpaired) electrons. The molecule has 23 heteroatoms. The first-order valence-corrected chi connectivity index (χ1v) is 20.6. The van der Waals surface area contributed by atoms with Gasteiger partial charge in [-0.2, -0.15) is 0 Å². The van der Waals surface area contributed by atoms with Gasteiger partial charge in [0.25, 0.3) is 34.4 Å². The molecule has 63 heavy (non-hydrogen) atoms. The summed E-state index contributed by atoms with van der Waals surface area (Å²) < 4.78 is 29.9. The standard InChI is InChI=1S/C40H52ClFN6O15/c41-24-7-5-23(6-8-24)19-28(52)46-22-26(50)35(56)38-32(47-29(53)21-42)25(49)20-40(63-38,39(59)60)62-16-4-2-1-3-12-44-33-34(37(58)36(33)57)45-14-18-61-17-13-43-27(51)11-15-48-30(54)9-10-31(48)55/h5-10,25-26,32,35,38,44-45,49-50,56H,1-4,11-22H2,(H,43,51)(H,46,52)(H,47,53)(H,59,60)/t25-,26+,32+,35+,38+,40+/m0/s1. The maximum absolute atomic E-state index is 13.2. The number of carboxylic acids is 1. The maximum atomic E-state index is 13.2. The normalized spacial score (nSPS) is 20.7. The molecule has 9 N–H and O–H groups in total. The van der Waals surface area contributed by atoms with E-state index >= 15 is 0 Å². The molecule has 2 aliphatic rings. The fraction of sp³-hybridized carbons (Fsp3) is 0.550. The Hall–Kier alpha value is -5.36. The lowest BCUT2D eigenvalue weighted by molar-refractivity contribution is -0.310. The molecule has 1 fully saturated rings. The van der Waals surface area contributed by atoms with Crippen molar-refractivity contribution in [3.05, 3.63) is 67.5 Å². The number of benzene rings is 1. The van der Waals surface area contributed by atoms with Crippen molar-refractivity contribution in [2.45, 2.75) is 81.2 Å². The van der Waals surface area contributed by atoms with Gasteiger partial charge in [0.05, 0.1) is 44.5 Å². The van der Waals surface area contributed by atoms with E-state index in [0.717, 1.165) is 17.1 Å². The summed E-state index contributed by atoms with van der Waals surface area (Å²) in [5, 5.41) is 56.4. The van der Waals surface area contributed by atoms with Gasteiger partial charge in [-0.25, -0.2) is 9.18 Å². The molecular weight excluding hydrogens is 859 g/mol. The van der Waals surface area contributed by atoms with Crippen molar-refractivity contribution in [2.24, 2.45) is 0 Å². The molecule has 346 valence electrons. The molecule has 5 amide bonds. The number of unbranched alkanes of at least 4 members (excludes halogenated alkanes) is 3. The molecule has 2 aromatic rings. The van der Waals surface area contributed by atoms with Crippen LogP contribution in [0.1, 0.15) is 44.1 Å².